The fraction of sp³-hybridized carbons (Fsp3) is 0.556. The van der Waals surface area contributed by atoms with Crippen molar-refractivity contribution in [2.24, 2.45) is 0 Å². The van der Waals surface area contributed by atoms with Gasteiger partial charge in [0.2, 0.25) is 0 Å². The molecule has 31 heavy (non-hydrogen) atoms. The lowest BCUT2D eigenvalue weighted by Gasteiger charge is -2.12. The fourth-order valence-corrected chi connectivity index (χ4v) is 3.86. The van der Waals surface area contributed by atoms with E-state index in [0.717, 1.165) is 50.9 Å². The van der Waals surface area contributed by atoms with Gasteiger partial charge in [0.1, 0.15) is 5.75 Å². The summed E-state index contributed by atoms with van der Waals surface area (Å²) in [5.41, 5.74) is 3.98. The summed E-state index contributed by atoms with van der Waals surface area (Å²) in [4.78, 5) is 0. The van der Waals surface area contributed by atoms with Crippen LogP contribution in [-0.4, -0.2) is 28.5 Å². The zero-order chi connectivity index (χ0) is 22.3. The van der Waals surface area contributed by atoms with Crippen LogP contribution < -0.4 is 0 Å². The molecule has 1 atom stereocenters. The lowest BCUT2D eigenvalue weighted by molar-refractivity contribution is 0.126. The summed E-state index contributed by atoms with van der Waals surface area (Å²) in [5, 5.41) is 29.1. The van der Waals surface area contributed by atoms with E-state index in [4.69, 9.17) is 4.74 Å². The van der Waals surface area contributed by atoms with Gasteiger partial charge < -0.3 is 20.1 Å². The molecule has 0 fully saturated rings. The van der Waals surface area contributed by atoms with Crippen LogP contribution in [0.3, 0.4) is 0 Å². The van der Waals surface area contributed by atoms with E-state index in [1.54, 1.807) is 12.1 Å². The van der Waals surface area contributed by atoms with E-state index in [2.05, 4.69) is 31.2 Å². The van der Waals surface area contributed by atoms with Crippen LogP contribution in [0, 0.1) is 6.92 Å². The number of phenols is 1. The van der Waals surface area contributed by atoms with Crippen molar-refractivity contribution in [2.75, 3.05) is 13.2 Å². The van der Waals surface area contributed by atoms with Gasteiger partial charge in [-0.2, -0.15) is 0 Å². The second-order valence-corrected chi connectivity index (χ2v) is 8.53. The molecule has 0 saturated carbocycles. The van der Waals surface area contributed by atoms with E-state index >= 15 is 0 Å². The number of aliphatic hydroxyl groups is 2. The molecule has 0 saturated heterocycles. The Kier molecular flexibility index (Phi) is 12.3. The summed E-state index contributed by atoms with van der Waals surface area (Å²) >= 11 is 0. The van der Waals surface area contributed by atoms with Crippen molar-refractivity contribution in [3.05, 3.63) is 64.7 Å². The molecule has 2 aromatic rings. The van der Waals surface area contributed by atoms with E-state index in [9.17, 15) is 15.3 Å². The Hall–Kier alpha value is -1.88. The Morgan fingerprint density at radius 1 is 0.839 bits per heavy atom. The molecule has 0 aliphatic rings. The number of aromatic hydroxyl groups is 1. The quantitative estimate of drug-likeness (QED) is 0.287. The van der Waals surface area contributed by atoms with Crippen molar-refractivity contribution in [1.82, 2.24) is 0 Å². The van der Waals surface area contributed by atoms with Crippen LogP contribution in [0.5, 0.6) is 5.75 Å². The van der Waals surface area contributed by atoms with Gasteiger partial charge in [0, 0.05) is 18.8 Å². The maximum absolute atomic E-state index is 10.3. The van der Waals surface area contributed by atoms with Crippen LogP contribution in [0.1, 0.15) is 86.1 Å². The molecule has 0 aliphatic heterocycles. The number of benzene rings is 2. The first-order valence-electron chi connectivity index (χ1n) is 11.8. The largest absolute Gasteiger partial charge is 0.508 e. The molecule has 1 unspecified atom stereocenters. The van der Waals surface area contributed by atoms with Crippen molar-refractivity contribution < 1.29 is 20.1 Å². The van der Waals surface area contributed by atoms with Gasteiger partial charge in [0.25, 0.3) is 0 Å². The van der Waals surface area contributed by atoms with Crippen LogP contribution in [-0.2, 0) is 17.8 Å². The zero-order valence-electron chi connectivity index (χ0n) is 19.1. The van der Waals surface area contributed by atoms with Gasteiger partial charge in [-0.05, 0) is 62.3 Å². The van der Waals surface area contributed by atoms with E-state index in [0.29, 0.717) is 12.0 Å². The first-order valence-corrected chi connectivity index (χ1v) is 11.8. The Bertz CT molecular complexity index is 744. The third-order valence-electron chi connectivity index (χ3n) is 5.76. The minimum absolute atomic E-state index is 0.0738. The molecular formula is C27H40O4. The molecule has 3 N–H and O–H groups in total. The van der Waals surface area contributed by atoms with Crippen LogP contribution in [0.4, 0.5) is 0 Å². The SMILES string of the molecule is Cc1cccc(CCCCOCCCCCCCCC(O)c2ccc(O)c(CO)c2)c1. The highest BCUT2D eigenvalue weighted by atomic mass is 16.5. The average molecular weight is 429 g/mol. The van der Waals surface area contributed by atoms with Crippen molar-refractivity contribution in [3.63, 3.8) is 0 Å². The number of rotatable bonds is 16. The maximum Gasteiger partial charge on any atom is 0.121 e. The number of aryl methyl sites for hydroxylation is 2. The van der Waals surface area contributed by atoms with Crippen LogP contribution in [0.25, 0.3) is 0 Å². The standard InChI is InChI=1S/C27H40O4/c1-22-11-10-13-23(19-22)12-7-9-18-31-17-8-5-3-2-4-6-14-26(29)24-15-16-27(30)25(20-24)21-28/h10-11,13,15-16,19-20,26,28-30H,2-9,12,14,17-18,21H2,1H3. The molecule has 4 nitrogen and oxygen atoms in total. The van der Waals surface area contributed by atoms with Gasteiger partial charge >= 0.3 is 0 Å². The minimum atomic E-state index is -0.537. The normalized spacial score (nSPS) is 12.2. The monoisotopic (exact) mass is 428 g/mol. The molecule has 0 radical (unpaired) electrons. The van der Waals surface area contributed by atoms with Gasteiger partial charge in [0.05, 0.1) is 12.7 Å². The molecule has 0 spiro atoms. The van der Waals surface area contributed by atoms with Crippen molar-refractivity contribution in [2.45, 2.75) is 83.8 Å². The lowest BCUT2D eigenvalue weighted by Crippen LogP contribution is -1.99. The molecule has 0 aromatic heterocycles. The molecule has 172 valence electrons. The fourth-order valence-electron chi connectivity index (χ4n) is 3.86. The predicted octanol–water partition coefficient (Wildman–Crippen LogP) is 6.00. The number of ether oxygens (including phenoxy) is 1. The molecule has 0 bridgehead atoms. The predicted molar refractivity (Wildman–Crippen MR) is 126 cm³/mol. The first-order chi connectivity index (χ1) is 15.1. The summed E-state index contributed by atoms with van der Waals surface area (Å²) < 4.78 is 5.76. The molecule has 0 heterocycles. The third-order valence-corrected chi connectivity index (χ3v) is 5.76. The smallest absolute Gasteiger partial charge is 0.121 e. The number of hydrogen-bond donors (Lipinski definition) is 3. The second kappa shape index (κ2) is 15.0. The Morgan fingerprint density at radius 3 is 2.29 bits per heavy atom. The average Bonchev–Trinajstić information content (AvgIpc) is 2.77. The van der Waals surface area contributed by atoms with E-state index < -0.39 is 6.10 Å². The van der Waals surface area contributed by atoms with Gasteiger partial charge in [-0.3, -0.25) is 0 Å². The molecule has 0 amide bonds. The second-order valence-electron chi connectivity index (χ2n) is 8.53. The van der Waals surface area contributed by atoms with E-state index in [1.165, 1.54) is 42.9 Å². The van der Waals surface area contributed by atoms with Crippen molar-refractivity contribution >= 4 is 0 Å². The summed E-state index contributed by atoms with van der Waals surface area (Å²) in [6.45, 7) is 3.64. The number of unbranched alkanes of at least 4 members (excludes halogenated alkanes) is 6. The zero-order valence-corrected chi connectivity index (χ0v) is 19.1. The molecule has 0 aliphatic carbocycles. The van der Waals surface area contributed by atoms with Crippen LogP contribution in [0.15, 0.2) is 42.5 Å². The Balaban J connectivity index is 1.39. The summed E-state index contributed by atoms with van der Waals surface area (Å²) in [6, 6.07) is 13.7. The van der Waals surface area contributed by atoms with Crippen LogP contribution in [0.2, 0.25) is 0 Å². The highest BCUT2D eigenvalue weighted by molar-refractivity contribution is 5.36. The summed E-state index contributed by atoms with van der Waals surface area (Å²) in [6.07, 6.45) is 10.4. The van der Waals surface area contributed by atoms with Gasteiger partial charge in [-0.1, -0.05) is 68.0 Å². The Morgan fingerprint density at radius 2 is 1.55 bits per heavy atom. The molecule has 4 heteroatoms. The van der Waals surface area contributed by atoms with Gasteiger partial charge in [0.15, 0.2) is 0 Å². The van der Waals surface area contributed by atoms with Gasteiger partial charge in [-0.25, -0.2) is 0 Å². The number of aliphatic hydroxyl groups excluding tert-OH is 2. The molecule has 2 rings (SSSR count). The highest BCUT2D eigenvalue weighted by Gasteiger charge is 2.10. The Labute approximate surface area is 187 Å². The minimum Gasteiger partial charge on any atom is -0.508 e. The molecule has 2 aromatic carbocycles. The first kappa shape index (κ1) is 25.4. The van der Waals surface area contributed by atoms with Crippen molar-refractivity contribution in [1.29, 1.82) is 0 Å². The topological polar surface area (TPSA) is 69.9 Å². The van der Waals surface area contributed by atoms with Crippen LogP contribution >= 0.6 is 0 Å². The summed E-state index contributed by atoms with van der Waals surface area (Å²) in [7, 11) is 0. The van der Waals surface area contributed by atoms with E-state index in [1.807, 2.05) is 0 Å². The maximum atomic E-state index is 10.3. The summed E-state index contributed by atoms with van der Waals surface area (Å²) in [5.74, 6) is 0.0738. The third kappa shape index (κ3) is 10.3. The van der Waals surface area contributed by atoms with Gasteiger partial charge in [-0.15, -0.1) is 0 Å². The van der Waals surface area contributed by atoms with E-state index in [-0.39, 0.29) is 12.4 Å². The lowest BCUT2D eigenvalue weighted by atomic mass is 10.00. The number of hydrogen-bond acceptors (Lipinski definition) is 4. The molecular weight excluding hydrogens is 388 g/mol. The highest BCUT2D eigenvalue weighted by Crippen LogP contribution is 2.25. The van der Waals surface area contributed by atoms with Crippen molar-refractivity contribution in [3.8, 4) is 5.75 Å².